The highest BCUT2D eigenvalue weighted by Gasteiger charge is 2.32. The van der Waals surface area contributed by atoms with Gasteiger partial charge in [0.15, 0.2) is 8.24 Å². The fraction of sp³-hybridized carbons (Fsp3) is 0.385. The van der Waals surface area contributed by atoms with Crippen LogP contribution in [0.5, 0.6) is 0 Å². The van der Waals surface area contributed by atoms with Gasteiger partial charge in [-0.05, 0) is 5.19 Å². The predicted molar refractivity (Wildman–Crippen MR) is 77.8 cm³/mol. The first-order chi connectivity index (χ1) is 7.43. The summed E-state index contributed by atoms with van der Waals surface area (Å²) in [6, 6.07) is 9.05. The quantitative estimate of drug-likeness (QED) is 0.688. The maximum atomic E-state index is 3.73. The Morgan fingerprint density at radius 1 is 1.00 bits per heavy atom. The van der Waals surface area contributed by atoms with Gasteiger partial charge >= 0.3 is 0 Å². The van der Waals surface area contributed by atoms with Crippen LogP contribution in [0.25, 0.3) is 0 Å². The molecule has 0 atom stereocenters. The van der Waals surface area contributed by atoms with Crippen molar-refractivity contribution < 1.29 is 0 Å². The van der Waals surface area contributed by atoms with Gasteiger partial charge in [0.2, 0.25) is 0 Å². The number of benzene rings is 1. The Labute approximate surface area is 101 Å². The van der Waals surface area contributed by atoms with Gasteiger partial charge in [-0.3, -0.25) is 0 Å². The molecule has 0 bridgehead atoms. The van der Waals surface area contributed by atoms with Crippen LogP contribution in [0.4, 0.5) is 0 Å². The van der Waals surface area contributed by atoms with Gasteiger partial charge in [-0.2, -0.15) is 0 Å². The van der Waals surface area contributed by atoms with Crippen molar-refractivity contribution >= 4 is 26.7 Å². The van der Waals surface area contributed by atoms with Crippen LogP contribution in [-0.4, -0.2) is 22.9 Å². The molecule has 0 saturated heterocycles. The fourth-order valence-electron chi connectivity index (χ4n) is 2.44. The summed E-state index contributed by atoms with van der Waals surface area (Å²) in [7, 11) is -2.82. The van der Waals surface area contributed by atoms with Crippen LogP contribution in [0.15, 0.2) is 36.0 Å². The summed E-state index contributed by atoms with van der Waals surface area (Å²) in [5.74, 6) is 0. The maximum absolute atomic E-state index is 3.73. The highest BCUT2D eigenvalue weighted by Crippen LogP contribution is 2.09. The Hall–Kier alpha value is -0.646. The fourth-order valence-corrected chi connectivity index (χ4v) is 8.62. The van der Waals surface area contributed by atoms with Crippen LogP contribution in [0.1, 0.15) is 0 Å². The van der Waals surface area contributed by atoms with Crippen LogP contribution in [0, 0.1) is 0 Å². The molecule has 0 unspecified atom stereocenters. The number of hydrogen-bond acceptors (Lipinski definition) is 1. The van der Waals surface area contributed by atoms with Gasteiger partial charge in [-0.25, -0.2) is 0 Å². The van der Waals surface area contributed by atoms with Crippen LogP contribution in [0.2, 0.25) is 26.2 Å². The van der Waals surface area contributed by atoms with Crippen molar-refractivity contribution in [3.8, 4) is 0 Å². The summed E-state index contributed by atoms with van der Waals surface area (Å²) in [6.07, 6.45) is 2.33. The first-order valence-corrected chi connectivity index (χ1v) is 12.0. The number of hydrogen-bond donors (Lipinski definition) is 1. The Kier molecular flexibility index (Phi) is 2.94. The van der Waals surface area contributed by atoms with E-state index in [-0.39, 0.29) is 0 Å². The van der Waals surface area contributed by atoms with Crippen molar-refractivity contribution in [2.24, 2.45) is 0 Å². The molecule has 86 valence electrons. The van der Waals surface area contributed by atoms with Gasteiger partial charge in [0, 0.05) is 6.54 Å². The molecular weight excluding hydrogens is 226 g/mol. The number of nitrogens with one attached hydrogen (secondary N) is 1. The van der Waals surface area contributed by atoms with Gasteiger partial charge < -0.3 is 4.98 Å². The summed E-state index contributed by atoms with van der Waals surface area (Å²) in [6.45, 7) is 10.7. The van der Waals surface area contributed by atoms with Gasteiger partial charge in [0.05, 0.1) is 0 Å². The molecule has 1 heterocycles. The molecule has 16 heavy (non-hydrogen) atoms. The Balaban J connectivity index is 2.64. The normalized spacial score (nSPS) is 24.0. The average Bonchev–Trinajstić information content (AvgIpc) is 2.24. The van der Waals surface area contributed by atoms with Crippen molar-refractivity contribution in [1.82, 2.24) is 4.98 Å². The molecule has 1 N–H and O–H groups in total. The zero-order chi connectivity index (χ0) is 11.8. The molecule has 2 rings (SSSR count). The van der Waals surface area contributed by atoms with E-state index in [9.17, 15) is 0 Å². The second kappa shape index (κ2) is 3.98. The molecule has 0 radical (unpaired) electrons. The SMILES string of the molecule is C[Si]1(C)/C=C\CN[Si](C)(C)c2ccccc21. The molecule has 1 nitrogen and oxygen atoms in total. The van der Waals surface area contributed by atoms with E-state index in [4.69, 9.17) is 0 Å². The van der Waals surface area contributed by atoms with Crippen LogP contribution in [0.3, 0.4) is 0 Å². The summed E-state index contributed by atoms with van der Waals surface area (Å²) in [5, 5.41) is 3.23. The molecule has 1 aromatic rings. The summed E-state index contributed by atoms with van der Waals surface area (Å²) < 4.78 is 0. The van der Waals surface area contributed by atoms with Gasteiger partial charge in [0.1, 0.15) is 8.07 Å². The van der Waals surface area contributed by atoms with Crippen molar-refractivity contribution in [1.29, 1.82) is 0 Å². The molecule has 0 amide bonds. The predicted octanol–water partition coefficient (Wildman–Crippen LogP) is 1.71. The second-order valence-electron chi connectivity index (χ2n) is 5.68. The lowest BCUT2D eigenvalue weighted by molar-refractivity contribution is 1.05. The highest BCUT2D eigenvalue weighted by molar-refractivity contribution is 7.01. The number of rotatable bonds is 0. The molecule has 0 fully saturated rings. The first-order valence-electron chi connectivity index (χ1n) is 5.96. The van der Waals surface area contributed by atoms with Crippen molar-refractivity contribution in [2.45, 2.75) is 26.2 Å². The van der Waals surface area contributed by atoms with Crippen molar-refractivity contribution in [2.75, 3.05) is 6.54 Å². The smallest absolute Gasteiger partial charge is 0.151 e. The van der Waals surface area contributed by atoms with Crippen LogP contribution < -0.4 is 15.4 Å². The Morgan fingerprint density at radius 3 is 2.31 bits per heavy atom. The first kappa shape index (κ1) is 11.8. The third-order valence-electron chi connectivity index (χ3n) is 3.49. The molecular formula is C13H21NSi2. The van der Waals surface area contributed by atoms with E-state index in [2.05, 4.69) is 67.2 Å². The third-order valence-corrected chi connectivity index (χ3v) is 9.51. The highest BCUT2D eigenvalue weighted by atomic mass is 28.3. The summed E-state index contributed by atoms with van der Waals surface area (Å²) in [5.41, 5.74) is 2.46. The molecule has 1 aliphatic rings. The van der Waals surface area contributed by atoms with E-state index < -0.39 is 16.3 Å². The molecule has 0 saturated carbocycles. The van der Waals surface area contributed by atoms with E-state index in [1.54, 1.807) is 10.4 Å². The lowest BCUT2D eigenvalue weighted by Crippen LogP contribution is -2.65. The summed E-state index contributed by atoms with van der Waals surface area (Å²) in [4.78, 5) is 3.73. The largest absolute Gasteiger partial charge is 0.331 e. The minimum Gasteiger partial charge on any atom is -0.331 e. The minimum atomic E-state index is -1.45. The molecule has 0 aliphatic carbocycles. The standard InChI is InChI=1S/C13H21NSi2/c1-15(2)11-7-10-14-16(3,4)13-9-6-5-8-12(13)15/h5-9,11,14H,10H2,1-4H3/b11-7-. The lowest BCUT2D eigenvalue weighted by Gasteiger charge is -2.33. The van der Waals surface area contributed by atoms with Crippen molar-refractivity contribution in [3.05, 3.63) is 36.0 Å². The van der Waals surface area contributed by atoms with Gasteiger partial charge in [-0.1, -0.05) is 67.4 Å². The third kappa shape index (κ3) is 2.07. The molecule has 1 aliphatic heterocycles. The topological polar surface area (TPSA) is 12.0 Å². The summed E-state index contributed by atoms with van der Waals surface area (Å²) >= 11 is 0. The van der Waals surface area contributed by atoms with E-state index in [0.29, 0.717) is 0 Å². The van der Waals surface area contributed by atoms with Crippen molar-refractivity contribution in [3.63, 3.8) is 0 Å². The lowest BCUT2D eigenvalue weighted by atomic mass is 10.4. The molecule has 3 heteroatoms. The van der Waals surface area contributed by atoms with Crippen LogP contribution >= 0.6 is 0 Å². The molecule has 1 aromatic carbocycles. The van der Waals surface area contributed by atoms with E-state index in [0.717, 1.165) is 6.54 Å². The van der Waals surface area contributed by atoms with E-state index in [1.165, 1.54) is 0 Å². The van der Waals surface area contributed by atoms with Gasteiger partial charge in [0.25, 0.3) is 0 Å². The van der Waals surface area contributed by atoms with Gasteiger partial charge in [-0.15, -0.1) is 0 Å². The van der Waals surface area contributed by atoms with Crippen LogP contribution in [-0.2, 0) is 0 Å². The second-order valence-corrected chi connectivity index (χ2v) is 14.1. The zero-order valence-corrected chi connectivity index (χ0v) is 12.7. The Morgan fingerprint density at radius 2 is 1.62 bits per heavy atom. The molecule has 0 spiro atoms. The van der Waals surface area contributed by atoms with E-state index in [1.807, 2.05) is 0 Å². The van der Waals surface area contributed by atoms with E-state index >= 15 is 0 Å². The zero-order valence-electron chi connectivity index (χ0n) is 10.7. The monoisotopic (exact) mass is 247 g/mol. The number of fused-ring (bicyclic) bond motifs is 1. The maximum Gasteiger partial charge on any atom is 0.151 e. The average molecular weight is 247 g/mol. The Bertz CT molecular complexity index is 422. The minimum absolute atomic E-state index is 1.03. The molecule has 0 aromatic heterocycles.